The number of amides is 1. The van der Waals surface area contributed by atoms with E-state index in [9.17, 15) is 14.9 Å². The van der Waals surface area contributed by atoms with Gasteiger partial charge in [-0.15, -0.1) is 0 Å². The molecule has 1 saturated heterocycles. The highest BCUT2D eigenvalue weighted by molar-refractivity contribution is 8.18. The number of carbonyl (C=O) groups excluding carboxylic acids is 1. The summed E-state index contributed by atoms with van der Waals surface area (Å²) in [5.41, 5.74) is 1.26. The molecule has 0 bridgehead atoms. The Bertz CT molecular complexity index is 1100. The molecule has 0 N–H and O–H groups in total. The Balaban J connectivity index is 1.50. The summed E-state index contributed by atoms with van der Waals surface area (Å²) in [5, 5.41) is 12.2. The number of ether oxygens (including phenoxy) is 2. The molecule has 32 heavy (non-hydrogen) atoms. The molecule has 166 valence electrons. The molecule has 2 heterocycles. The van der Waals surface area contributed by atoms with Crippen molar-refractivity contribution >= 4 is 40.3 Å². The first-order valence-corrected chi connectivity index (χ1v) is 10.8. The number of hydrogen-bond acceptors (Lipinski definition) is 8. The fourth-order valence-corrected chi connectivity index (χ4v) is 4.58. The molecule has 0 atom stereocenters. The van der Waals surface area contributed by atoms with Gasteiger partial charge in [0.1, 0.15) is 0 Å². The molecule has 9 nitrogen and oxygen atoms in total. The van der Waals surface area contributed by atoms with Crippen LogP contribution < -0.4 is 14.4 Å². The molecule has 0 spiro atoms. The van der Waals surface area contributed by atoms with Gasteiger partial charge in [-0.25, -0.2) is 0 Å². The Morgan fingerprint density at radius 3 is 2.28 bits per heavy atom. The third-order valence-corrected chi connectivity index (χ3v) is 6.34. The third-order valence-electron chi connectivity index (χ3n) is 5.30. The van der Waals surface area contributed by atoms with E-state index in [1.165, 1.54) is 49.9 Å². The monoisotopic (exact) mass is 454 g/mol. The molecule has 0 radical (unpaired) electrons. The van der Waals surface area contributed by atoms with Crippen LogP contribution in [0.5, 0.6) is 11.5 Å². The van der Waals surface area contributed by atoms with E-state index >= 15 is 0 Å². The molecule has 0 aliphatic carbocycles. The number of benzene rings is 2. The van der Waals surface area contributed by atoms with E-state index in [0.29, 0.717) is 15.8 Å². The topological polar surface area (TPSA) is 97.5 Å². The molecular weight excluding hydrogens is 432 g/mol. The molecular formula is C22H22N4O5S. The van der Waals surface area contributed by atoms with Gasteiger partial charge in [0.2, 0.25) is 0 Å². The van der Waals surface area contributed by atoms with Gasteiger partial charge in [0, 0.05) is 31.9 Å². The van der Waals surface area contributed by atoms with Gasteiger partial charge >= 0.3 is 0 Å². The maximum absolute atomic E-state index is 12.5. The number of anilines is 1. The highest BCUT2D eigenvalue weighted by Gasteiger charge is 2.29. The average molecular weight is 455 g/mol. The lowest BCUT2D eigenvalue weighted by molar-refractivity contribution is -0.385. The number of para-hydroxylation sites is 1. The van der Waals surface area contributed by atoms with E-state index in [1.807, 2.05) is 18.2 Å². The Labute approximate surface area is 189 Å². The van der Waals surface area contributed by atoms with Gasteiger partial charge in [-0.05, 0) is 36.0 Å². The number of hydrogen-bond donors (Lipinski definition) is 0. The van der Waals surface area contributed by atoms with E-state index in [2.05, 4.69) is 26.9 Å². The molecule has 0 unspecified atom stereocenters. The van der Waals surface area contributed by atoms with Gasteiger partial charge in [-0.1, -0.05) is 18.2 Å². The molecule has 2 aromatic carbocycles. The van der Waals surface area contributed by atoms with Crippen molar-refractivity contribution < 1.29 is 19.2 Å². The zero-order valence-electron chi connectivity index (χ0n) is 17.7. The highest BCUT2D eigenvalue weighted by Crippen LogP contribution is 2.38. The summed E-state index contributed by atoms with van der Waals surface area (Å²) in [4.78, 5) is 32.5. The van der Waals surface area contributed by atoms with Crippen molar-refractivity contribution in [3.8, 4) is 11.5 Å². The number of amidine groups is 1. The first-order valence-electron chi connectivity index (χ1n) is 9.98. The Kier molecular flexibility index (Phi) is 6.31. The largest absolute Gasteiger partial charge is 0.493 e. The molecule has 2 aromatic rings. The van der Waals surface area contributed by atoms with Gasteiger partial charge in [-0.3, -0.25) is 14.9 Å². The van der Waals surface area contributed by atoms with E-state index in [0.717, 1.165) is 26.2 Å². The minimum absolute atomic E-state index is 0.173. The van der Waals surface area contributed by atoms with Crippen LogP contribution in [-0.4, -0.2) is 61.3 Å². The zero-order chi connectivity index (χ0) is 22.7. The van der Waals surface area contributed by atoms with Crippen molar-refractivity contribution in [3.63, 3.8) is 0 Å². The van der Waals surface area contributed by atoms with E-state index in [4.69, 9.17) is 9.47 Å². The first kappa shape index (κ1) is 21.7. The second-order valence-electron chi connectivity index (χ2n) is 7.14. The molecule has 0 aromatic heterocycles. The summed E-state index contributed by atoms with van der Waals surface area (Å²) in [5.74, 6) is 0.193. The minimum atomic E-state index is -0.511. The van der Waals surface area contributed by atoms with Gasteiger partial charge < -0.3 is 19.3 Å². The summed E-state index contributed by atoms with van der Waals surface area (Å²) in [6, 6.07) is 13.0. The summed E-state index contributed by atoms with van der Waals surface area (Å²) in [6.45, 7) is 3.10. The number of rotatable bonds is 5. The molecule has 0 saturated carbocycles. The maximum Gasteiger partial charge on any atom is 0.286 e. The summed E-state index contributed by atoms with van der Waals surface area (Å²) < 4.78 is 10.4. The standard InChI is InChI=1S/C22H22N4O5S/c1-30-18-12-15(17(26(28)29)14-19(18)31-2)13-20-21(27)23-22(32-20)25-10-8-24(9-11-25)16-6-4-3-5-7-16/h3-7,12-14H,8-11H2,1-2H3. The number of nitrogens with zero attached hydrogens (tertiary/aromatic N) is 4. The van der Waals surface area contributed by atoms with Gasteiger partial charge in [-0.2, -0.15) is 4.99 Å². The lowest BCUT2D eigenvalue weighted by Crippen LogP contribution is -2.47. The van der Waals surface area contributed by atoms with Crippen LogP contribution in [0.4, 0.5) is 11.4 Å². The number of thioether (sulfide) groups is 1. The normalized spacial score (nSPS) is 17.5. The summed E-state index contributed by atoms with van der Waals surface area (Å²) >= 11 is 1.24. The van der Waals surface area contributed by atoms with Crippen molar-refractivity contribution in [1.29, 1.82) is 0 Å². The van der Waals surface area contributed by atoms with Crippen molar-refractivity contribution in [2.24, 2.45) is 4.99 Å². The van der Waals surface area contributed by atoms with Crippen molar-refractivity contribution in [2.75, 3.05) is 45.3 Å². The lowest BCUT2D eigenvalue weighted by atomic mass is 10.1. The minimum Gasteiger partial charge on any atom is -0.493 e. The van der Waals surface area contributed by atoms with E-state index < -0.39 is 10.8 Å². The number of piperazine rings is 1. The van der Waals surface area contributed by atoms with Crippen LogP contribution >= 0.6 is 11.8 Å². The second-order valence-corrected chi connectivity index (χ2v) is 8.15. The van der Waals surface area contributed by atoms with Crippen LogP contribution in [0.1, 0.15) is 5.56 Å². The van der Waals surface area contributed by atoms with E-state index in [1.54, 1.807) is 0 Å². The summed E-state index contributed by atoms with van der Waals surface area (Å²) in [6.07, 6.45) is 1.49. The number of carbonyl (C=O) groups is 1. The van der Waals surface area contributed by atoms with Crippen LogP contribution in [0.3, 0.4) is 0 Å². The SMILES string of the molecule is COc1cc(C=C2SC(N3CCN(c4ccccc4)CC3)=NC2=O)c([N+](=O)[O-])cc1OC. The molecule has 4 rings (SSSR count). The average Bonchev–Trinajstić information content (AvgIpc) is 3.19. The van der Waals surface area contributed by atoms with Gasteiger partial charge in [0.15, 0.2) is 16.7 Å². The van der Waals surface area contributed by atoms with Crippen molar-refractivity contribution in [3.05, 3.63) is 63.0 Å². The molecule has 1 amide bonds. The number of nitro benzene ring substituents is 1. The smallest absolute Gasteiger partial charge is 0.286 e. The summed E-state index contributed by atoms with van der Waals surface area (Å²) in [7, 11) is 2.86. The fraction of sp³-hybridized carbons (Fsp3) is 0.273. The van der Waals surface area contributed by atoms with Crippen LogP contribution in [0.2, 0.25) is 0 Å². The highest BCUT2D eigenvalue weighted by atomic mass is 32.2. The van der Waals surface area contributed by atoms with Crippen molar-refractivity contribution in [2.45, 2.75) is 0 Å². The Morgan fingerprint density at radius 1 is 1.03 bits per heavy atom. The number of aliphatic imine (C=N–C) groups is 1. The fourth-order valence-electron chi connectivity index (χ4n) is 3.63. The number of methoxy groups -OCH3 is 2. The first-order chi connectivity index (χ1) is 15.5. The van der Waals surface area contributed by atoms with Gasteiger partial charge in [0.25, 0.3) is 11.6 Å². The van der Waals surface area contributed by atoms with Crippen LogP contribution in [0.15, 0.2) is 52.4 Å². The predicted octanol–water partition coefficient (Wildman–Crippen LogP) is 3.40. The Hall–Kier alpha value is -3.53. The molecule has 2 aliphatic rings. The third kappa shape index (κ3) is 4.40. The Morgan fingerprint density at radius 2 is 1.66 bits per heavy atom. The van der Waals surface area contributed by atoms with Crippen LogP contribution in [0, 0.1) is 10.1 Å². The van der Waals surface area contributed by atoms with Crippen LogP contribution in [0.25, 0.3) is 6.08 Å². The quantitative estimate of drug-likeness (QED) is 0.385. The second kappa shape index (κ2) is 9.31. The molecule has 1 fully saturated rings. The predicted molar refractivity (Wildman–Crippen MR) is 124 cm³/mol. The zero-order valence-corrected chi connectivity index (χ0v) is 18.5. The lowest BCUT2D eigenvalue weighted by Gasteiger charge is -2.36. The van der Waals surface area contributed by atoms with E-state index in [-0.39, 0.29) is 17.0 Å². The number of nitro groups is 1. The molecule has 2 aliphatic heterocycles. The maximum atomic E-state index is 12.5. The van der Waals surface area contributed by atoms with Gasteiger partial charge in [0.05, 0.1) is 35.7 Å². The van der Waals surface area contributed by atoms with Crippen LogP contribution in [-0.2, 0) is 4.79 Å². The van der Waals surface area contributed by atoms with Crippen molar-refractivity contribution in [1.82, 2.24) is 4.90 Å². The molecule has 10 heteroatoms.